The molecule has 1 aliphatic heterocycles. The fourth-order valence-electron chi connectivity index (χ4n) is 3.01. The molecule has 0 atom stereocenters. The van der Waals surface area contributed by atoms with Crippen LogP contribution in [0, 0.1) is 12.8 Å². The van der Waals surface area contributed by atoms with Crippen molar-refractivity contribution in [1.82, 2.24) is 0 Å². The van der Waals surface area contributed by atoms with E-state index in [1.165, 1.54) is 11.3 Å². The lowest BCUT2D eigenvalue weighted by Crippen LogP contribution is -2.36. The first kappa shape index (κ1) is 17.7. The third-order valence-electron chi connectivity index (χ3n) is 4.42. The maximum Gasteiger partial charge on any atom is 0.265 e. The predicted octanol–water partition coefficient (Wildman–Crippen LogP) is 4.63. The molecule has 4 nitrogen and oxygen atoms in total. The van der Waals surface area contributed by atoms with E-state index in [1.54, 1.807) is 0 Å². The van der Waals surface area contributed by atoms with Gasteiger partial charge in [-0.05, 0) is 66.5 Å². The van der Waals surface area contributed by atoms with Gasteiger partial charge < -0.3 is 10.2 Å². The number of aryl methyl sites for hydroxylation is 2. The predicted molar refractivity (Wildman–Crippen MR) is 104 cm³/mol. The molecule has 0 aliphatic carbocycles. The summed E-state index contributed by atoms with van der Waals surface area (Å²) in [5, 5.41) is 4.94. The highest BCUT2D eigenvalue weighted by molar-refractivity contribution is 7.12. The summed E-state index contributed by atoms with van der Waals surface area (Å²) in [6, 6.07) is 7.74. The van der Waals surface area contributed by atoms with E-state index in [2.05, 4.69) is 19.2 Å². The number of nitrogens with one attached hydrogen (secondary N) is 1. The fourth-order valence-corrected chi connectivity index (χ4v) is 3.81. The number of rotatable bonds is 5. The van der Waals surface area contributed by atoms with Gasteiger partial charge in [0.2, 0.25) is 5.91 Å². The summed E-state index contributed by atoms with van der Waals surface area (Å²) in [4.78, 5) is 27.2. The van der Waals surface area contributed by atoms with Crippen LogP contribution < -0.4 is 10.2 Å². The molecule has 2 aromatic rings. The van der Waals surface area contributed by atoms with E-state index in [0.717, 1.165) is 41.9 Å². The molecule has 5 heteroatoms. The molecule has 1 aliphatic rings. The topological polar surface area (TPSA) is 49.4 Å². The molecule has 25 heavy (non-hydrogen) atoms. The minimum Gasteiger partial charge on any atom is -0.321 e. The van der Waals surface area contributed by atoms with Crippen LogP contribution in [0.25, 0.3) is 0 Å². The Hall–Kier alpha value is -2.14. The van der Waals surface area contributed by atoms with E-state index in [1.807, 2.05) is 41.5 Å². The second-order valence-corrected chi connectivity index (χ2v) is 7.93. The Balaban J connectivity index is 1.77. The van der Waals surface area contributed by atoms with Gasteiger partial charge in [-0.2, -0.15) is 0 Å². The highest BCUT2D eigenvalue weighted by atomic mass is 32.1. The maximum absolute atomic E-state index is 12.3. The SMILES string of the molecule is Cc1csc(C(=O)Nc2ccc3c(c2)CCC(=O)N3CCC(C)C)c1. The highest BCUT2D eigenvalue weighted by Gasteiger charge is 2.24. The van der Waals surface area contributed by atoms with Crippen molar-refractivity contribution in [2.75, 3.05) is 16.8 Å². The van der Waals surface area contributed by atoms with Crippen molar-refractivity contribution in [3.63, 3.8) is 0 Å². The molecule has 1 aromatic carbocycles. The second-order valence-electron chi connectivity index (χ2n) is 7.01. The van der Waals surface area contributed by atoms with Gasteiger partial charge in [0.05, 0.1) is 4.88 Å². The van der Waals surface area contributed by atoms with Gasteiger partial charge in [0.15, 0.2) is 0 Å². The summed E-state index contributed by atoms with van der Waals surface area (Å²) >= 11 is 1.45. The minimum atomic E-state index is -0.0819. The van der Waals surface area contributed by atoms with Crippen molar-refractivity contribution >= 4 is 34.5 Å². The van der Waals surface area contributed by atoms with Crippen LogP contribution in [0.1, 0.15) is 47.5 Å². The van der Waals surface area contributed by atoms with E-state index >= 15 is 0 Å². The summed E-state index contributed by atoms with van der Waals surface area (Å²) in [6.45, 7) is 7.07. The van der Waals surface area contributed by atoms with Gasteiger partial charge in [-0.3, -0.25) is 9.59 Å². The van der Waals surface area contributed by atoms with Crippen LogP contribution in [-0.2, 0) is 11.2 Å². The number of hydrogen-bond donors (Lipinski definition) is 1. The fraction of sp³-hybridized carbons (Fsp3) is 0.400. The normalized spacial score (nSPS) is 13.9. The molecule has 0 saturated carbocycles. The zero-order valence-corrected chi connectivity index (χ0v) is 15.8. The molecule has 0 spiro atoms. The Morgan fingerprint density at radius 1 is 1.28 bits per heavy atom. The van der Waals surface area contributed by atoms with Gasteiger partial charge in [-0.1, -0.05) is 13.8 Å². The standard InChI is InChI=1S/C20H24N2O2S/c1-13(2)8-9-22-17-6-5-16(11-15(17)4-7-19(22)23)21-20(24)18-10-14(3)12-25-18/h5-6,10-13H,4,7-9H2,1-3H3,(H,21,24). The molecule has 0 fully saturated rings. The van der Waals surface area contributed by atoms with Gasteiger partial charge >= 0.3 is 0 Å². The second kappa shape index (κ2) is 7.40. The van der Waals surface area contributed by atoms with Gasteiger partial charge in [0, 0.05) is 24.3 Å². The van der Waals surface area contributed by atoms with Crippen molar-refractivity contribution in [3.8, 4) is 0 Å². The largest absolute Gasteiger partial charge is 0.321 e. The Bertz CT molecular complexity index is 795. The summed E-state index contributed by atoms with van der Waals surface area (Å²) in [7, 11) is 0. The lowest BCUT2D eigenvalue weighted by molar-refractivity contribution is -0.118. The average Bonchev–Trinajstić information content (AvgIpc) is 3.00. The maximum atomic E-state index is 12.3. The molecule has 3 rings (SSSR count). The number of carbonyl (C=O) groups is 2. The van der Waals surface area contributed by atoms with Crippen LogP contribution >= 0.6 is 11.3 Å². The first-order chi connectivity index (χ1) is 11.9. The minimum absolute atomic E-state index is 0.0819. The van der Waals surface area contributed by atoms with E-state index in [4.69, 9.17) is 0 Å². The van der Waals surface area contributed by atoms with Crippen LogP contribution in [0.3, 0.4) is 0 Å². The summed E-state index contributed by atoms with van der Waals surface area (Å²) in [6.07, 6.45) is 2.25. The number of fused-ring (bicyclic) bond motifs is 1. The molecule has 1 aromatic heterocycles. The van der Waals surface area contributed by atoms with Crippen LogP contribution in [0.5, 0.6) is 0 Å². The molecular formula is C20H24N2O2S. The molecule has 0 bridgehead atoms. The van der Waals surface area contributed by atoms with Gasteiger partial charge in [-0.15, -0.1) is 11.3 Å². The van der Waals surface area contributed by atoms with Gasteiger partial charge in [-0.25, -0.2) is 0 Å². The number of nitrogens with zero attached hydrogens (tertiary/aromatic N) is 1. The van der Waals surface area contributed by atoms with Gasteiger partial charge in [0.1, 0.15) is 0 Å². The van der Waals surface area contributed by atoms with Crippen molar-refractivity contribution in [2.24, 2.45) is 5.92 Å². The number of anilines is 2. The number of benzene rings is 1. The number of amides is 2. The lowest BCUT2D eigenvalue weighted by Gasteiger charge is -2.30. The van der Waals surface area contributed by atoms with E-state index in [0.29, 0.717) is 17.2 Å². The van der Waals surface area contributed by atoms with Crippen LogP contribution in [0.2, 0.25) is 0 Å². The third kappa shape index (κ3) is 4.10. The van der Waals surface area contributed by atoms with E-state index < -0.39 is 0 Å². The van der Waals surface area contributed by atoms with E-state index in [-0.39, 0.29) is 11.8 Å². The Morgan fingerprint density at radius 2 is 2.08 bits per heavy atom. The Labute approximate surface area is 152 Å². The molecule has 0 radical (unpaired) electrons. The van der Waals surface area contributed by atoms with Crippen molar-refractivity contribution in [1.29, 1.82) is 0 Å². The molecular weight excluding hydrogens is 332 g/mol. The van der Waals surface area contributed by atoms with Crippen LogP contribution in [-0.4, -0.2) is 18.4 Å². The molecule has 2 amide bonds. The number of hydrogen-bond acceptors (Lipinski definition) is 3. The molecule has 2 heterocycles. The van der Waals surface area contributed by atoms with E-state index in [9.17, 15) is 9.59 Å². The first-order valence-electron chi connectivity index (χ1n) is 8.74. The first-order valence-corrected chi connectivity index (χ1v) is 9.62. The van der Waals surface area contributed by atoms with Crippen molar-refractivity contribution in [3.05, 3.63) is 45.6 Å². The smallest absolute Gasteiger partial charge is 0.265 e. The lowest BCUT2D eigenvalue weighted by atomic mass is 9.99. The molecule has 132 valence electrons. The van der Waals surface area contributed by atoms with Crippen molar-refractivity contribution < 1.29 is 9.59 Å². The third-order valence-corrected chi connectivity index (χ3v) is 5.47. The molecule has 1 N–H and O–H groups in total. The average molecular weight is 356 g/mol. The summed E-state index contributed by atoms with van der Waals surface area (Å²) < 4.78 is 0. The number of carbonyl (C=O) groups excluding carboxylic acids is 2. The zero-order valence-electron chi connectivity index (χ0n) is 15.0. The zero-order chi connectivity index (χ0) is 18.0. The summed E-state index contributed by atoms with van der Waals surface area (Å²) in [5.74, 6) is 0.673. The highest BCUT2D eigenvalue weighted by Crippen LogP contribution is 2.31. The monoisotopic (exact) mass is 356 g/mol. The molecule has 0 saturated heterocycles. The number of thiophene rings is 1. The van der Waals surface area contributed by atoms with Crippen LogP contribution in [0.15, 0.2) is 29.6 Å². The molecule has 0 unspecified atom stereocenters. The van der Waals surface area contributed by atoms with Gasteiger partial charge in [0.25, 0.3) is 5.91 Å². The quantitative estimate of drug-likeness (QED) is 0.849. The summed E-state index contributed by atoms with van der Waals surface area (Å²) in [5.41, 5.74) is 4.00. The van der Waals surface area contributed by atoms with Crippen LogP contribution in [0.4, 0.5) is 11.4 Å². The Kier molecular flexibility index (Phi) is 5.23. The van der Waals surface area contributed by atoms with Crippen molar-refractivity contribution in [2.45, 2.75) is 40.0 Å². The Morgan fingerprint density at radius 3 is 2.76 bits per heavy atom.